The molecule has 2 aliphatic rings. The van der Waals surface area contributed by atoms with Crippen LogP contribution >= 0.6 is 0 Å². The topological polar surface area (TPSA) is 53.6 Å². The van der Waals surface area contributed by atoms with Gasteiger partial charge in [0.1, 0.15) is 0 Å². The maximum absolute atomic E-state index is 12.0. The van der Waals surface area contributed by atoms with Crippen LogP contribution in [0.15, 0.2) is 0 Å². The van der Waals surface area contributed by atoms with E-state index in [2.05, 4.69) is 22.5 Å². The van der Waals surface area contributed by atoms with E-state index in [-0.39, 0.29) is 12.0 Å². The number of hydrogen-bond donors (Lipinski definition) is 2. The minimum Gasteiger partial charge on any atom is -0.375 e. The Bertz CT molecular complexity index is 272. The van der Waals surface area contributed by atoms with Crippen molar-refractivity contribution in [2.24, 2.45) is 0 Å². The zero-order valence-corrected chi connectivity index (χ0v) is 12.0. The fourth-order valence-electron chi connectivity index (χ4n) is 2.86. The Labute approximate surface area is 116 Å². The number of ether oxygens (including phenoxy) is 1. The lowest BCUT2D eigenvalue weighted by Gasteiger charge is -2.32. The van der Waals surface area contributed by atoms with Gasteiger partial charge < -0.3 is 20.3 Å². The molecule has 2 rings (SSSR count). The van der Waals surface area contributed by atoms with Crippen LogP contribution in [0.25, 0.3) is 0 Å². The van der Waals surface area contributed by atoms with Crippen LogP contribution in [0, 0.1) is 0 Å². The first-order valence-corrected chi connectivity index (χ1v) is 7.62. The van der Waals surface area contributed by atoms with Gasteiger partial charge >= 0.3 is 0 Å². The molecule has 19 heavy (non-hydrogen) atoms. The second kappa shape index (κ2) is 7.82. The molecule has 0 saturated carbocycles. The molecule has 5 heteroatoms. The molecular weight excluding hydrogens is 242 g/mol. The minimum atomic E-state index is 0.0499. The molecule has 2 fully saturated rings. The number of morpholine rings is 1. The van der Waals surface area contributed by atoms with Crippen molar-refractivity contribution in [3.63, 3.8) is 0 Å². The molecule has 0 radical (unpaired) electrons. The predicted molar refractivity (Wildman–Crippen MR) is 75.1 cm³/mol. The molecule has 0 aromatic rings. The molecule has 110 valence electrons. The fourth-order valence-corrected chi connectivity index (χ4v) is 2.86. The Balaban J connectivity index is 1.63. The van der Waals surface area contributed by atoms with Gasteiger partial charge in [-0.1, -0.05) is 6.92 Å². The summed E-state index contributed by atoms with van der Waals surface area (Å²) >= 11 is 0. The van der Waals surface area contributed by atoms with Gasteiger partial charge in [0.25, 0.3) is 0 Å². The third-order valence-electron chi connectivity index (χ3n) is 3.91. The SMILES string of the molecule is CCCN1CCC(NC(=O)CC2CNCCO2)CC1. The van der Waals surface area contributed by atoms with Crippen LogP contribution in [-0.2, 0) is 9.53 Å². The fraction of sp³-hybridized carbons (Fsp3) is 0.929. The first-order chi connectivity index (χ1) is 9.28. The zero-order chi connectivity index (χ0) is 13.5. The molecule has 2 N–H and O–H groups in total. The highest BCUT2D eigenvalue weighted by Gasteiger charge is 2.22. The summed E-state index contributed by atoms with van der Waals surface area (Å²) in [6.45, 7) is 8.03. The molecule has 0 aliphatic carbocycles. The minimum absolute atomic E-state index is 0.0499. The summed E-state index contributed by atoms with van der Waals surface area (Å²) < 4.78 is 5.56. The summed E-state index contributed by atoms with van der Waals surface area (Å²) in [5, 5.41) is 6.41. The van der Waals surface area contributed by atoms with Crippen molar-refractivity contribution in [3.05, 3.63) is 0 Å². The van der Waals surface area contributed by atoms with Crippen LogP contribution in [0.5, 0.6) is 0 Å². The Morgan fingerprint density at radius 3 is 2.84 bits per heavy atom. The molecule has 1 atom stereocenters. The number of likely N-dealkylation sites (tertiary alicyclic amines) is 1. The Morgan fingerprint density at radius 1 is 1.42 bits per heavy atom. The van der Waals surface area contributed by atoms with E-state index in [0.717, 1.165) is 39.0 Å². The molecule has 0 spiro atoms. The van der Waals surface area contributed by atoms with Crippen molar-refractivity contribution in [2.75, 3.05) is 39.3 Å². The number of nitrogens with one attached hydrogen (secondary N) is 2. The number of rotatable bonds is 5. The number of carbonyl (C=O) groups is 1. The lowest BCUT2D eigenvalue weighted by atomic mass is 10.0. The van der Waals surface area contributed by atoms with Crippen LogP contribution in [0.1, 0.15) is 32.6 Å². The Hall–Kier alpha value is -0.650. The largest absolute Gasteiger partial charge is 0.375 e. The molecule has 0 bridgehead atoms. The third kappa shape index (κ3) is 5.09. The van der Waals surface area contributed by atoms with Gasteiger partial charge in [0.15, 0.2) is 0 Å². The second-order valence-corrected chi connectivity index (χ2v) is 5.58. The molecule has 0 aromatic carbocycles. The summed E-state index contributed by atoms with van der Waals surface area (Å²) in [5.41, 5.74) is 0. The molecule has 0 aromatic heterocycles. The van der Waals surface area contributed by atoms with Crippen molar-refractivity contribution in [3.8, 4) is 0 Å². The van der Waals surface area contributed by atoms with Crippen molar-refractivity contribution in [2.45, 2.75) is 44.8 Å². The average Bonchev–Trinajstić information content (AvgIpc) is 2.42. The van der Waals surface area contributed by atoms with Gasteiger partial charge in [-0.05, 0) is 25.8 Å². The maximum Gasteiger partial charge on any atom is 0.222 e. The molecule has 1 unspecified atom stereocenters. The van der Waals surface area contributed by atoms with Gasteiger partial charge in [0, 0.05) is 32.2 Å². The molecule has 2 heterocycles. The van der Waals surface area contributed by atoms with Crippen molar-refractivity contribution >= 4 is 5.91 Å². The summed E-state index contributed by atoms with van der Waals surface area (Å²) in [5.74, 6) is 0.141. The number of piperidine rings is 1. The summed E-state index contributed by atoms with van der Waals surface area (Å²) in [6, 6.07) is 0.358. The number of amides is 1. The highest BCUT2D eigenvalue weighted by atomic mass is 16.5. The molecular formula is C14H27N3O2. The maximum atomic E-state index is 12.0. The van der Waals surface area contributed by atoms with Crippen LogP contribution in [0.4, 0.5) is 0 Å². The van der Waals surface area contributed by atoms with E-state index in [1.807, 2.05) is 0 Å². The van der Waals surface area contributed by atoms with E-state index in [4.69, 9.17) is 4.74 Å². The van der Waals surface area contributed by atoms with E-state index in [0.29, 0.717) is 19.1 Å². The molecule has 5 nitrogen and oxygen atoms in total. The predicted octanol–water partition coefficient (Wildman–Crippen LogP) is 0.356. The Morgan fingerprint density at radius 2 is 2.21 bits per heavy atom. The number of hydrogen-bond acceptors (Lipinski definition) is 4. The van der Waals surface area contributed by atoms with Gasteiger partial charge in [0.05, 0.1) is 19.1 Å². The van der Waals surface area contributed by atoms with Crippen LogP contribution < -0.4 is 10.6 Å². The van der Waals surface area contributed by atoms with Crippen molar-refractivity contribution in [1.29, 1.82) is 0 Å². The second-order valence-electron chi connectivity index (χ2n) is 5.58. The van der Waals surface area contributed by atoms with Crippen LogP contribution in [0.3, 0.4) is 0 Å². The average molecular weight is 269 g/mol. The molecule has 2 saturated heterocycles. The molecule has 1 amide bonds. The van der Waals surface area contributed by atoms with E-state index in [9.17, 15) is 4.79 Å². The highest BCUT2D eigenvalue weighted by Crippen LogP contribution is 2.11. The molecule has 2 aliphatic heterocycles. The van der Waals surface area contributed by atoms with Crippen LogP contribution in [0.2, 0.25) is 0 Å². The Kier molecular flexibility index (Phi) is 6.07. The summed E-state index contributed by atoms with van der Waals surface area (Å²) in [6.07, 6.45) is 3.91. The van der Waals surface area contributed by atoms with Crippen molar-refractivity contribution < 1.29 is 9.53 Å². The third-order valence-corrected chi connectivity index (χ3v) is 3.91. The van der Waals surface area contributed by atoms with Gasteiger partial charge in [-0.2, -0.15) is 0 Å². The summed E-state index contributed by atoms with van der Waals surface area (Å²) in [7, 11) is 0. The van der Waals surface area contributed by atoms with E-state index in [1.165, 1.54) is 13.0 Å². The number of carbonyl (C=O) groups excluding carboxylic acids is 1. The number of nitrogens with zero attached hydrogens (tertiary/aromatic N) is 1. The normalized spacial score (nSPS) is 26.3. The van der Waals surface area contributed by atoms with Gasteiger partial charge in [0.2, 0.25) is 5.91 Å². The lowest BCUT2D eigenvalue weighted by Crippen LogP contribution is -2.47. The highest BCUT2D eigenvalue weighted by molar-refractivity contribution is 5.76. The lowest BCUT2D eigenvalue weighted by molar-refractivity contribution is -0.125. The van der Waals surface area contributed by atoms with E-state index in [1.54, 1.807) is 0 Å². The van der Waals surface area contributed by atoms with Gasteiger partial charge in [-0.15, -0.1) is 0 Å². The first kappa shape index (κ1) is 14.8. The first-order valence-electron chi connectivity index (χ1n) is 7.62. The quantitative estimate of drug-likeness (QED) is 0.756. The van der Waals surface area contributed by atoms with E-state index >= 15 is 0 Å². The van der Waals surface area contributed by atoms with Crippen molar-refractivity contribution in [1.82, 2.24) is 15.5 Å². The van der Waals surface area contributed by atoms with Gasteiger partial charge in [-0.25, -0.2) is 0 Å². The monoisotopic (exact) mass is 269 g/mol. The standard InChI is InChI=1S/C14H27N3O2/c1-2-6-17-7-3-12(4-8-17)16-14(18)10-13-11-15-5-9-19-13/h12-13,15H,2-11H2,1H3,(H,16,18). The van der Waals surface area contributed by atoms with Gasteiger partial charge in [-0.3, -0.25) is 4.79 Å². The smallest absolute Gasteiger partial charge is 0.222 e. The van der Waals surface area contributed by atoms with E-state index < -0.39 is 0 Å². The zero-order valence-electron chi connectivity index (χ0n) is 12.0. The summed E-state index contributed by atoms with van der Waals surface area (Å²) in [4.78, 5) is 14.4. The van der Waals surface area contributed by atoms with Crippen LogP contribution in [-0.4, -0.2) is 62.3 Å².